The molecule has 0 aliphatic heterocycles. The maximum Gasteiger partial charge on any atom is 0.472 e. The van der Waals surface area contributed by atoms with Gasteiger partial charge < -0.3 is 38.2 Å². The third-order valence-electron chi connectivity index (χ3n) is 4.17. The van der Waals surface area contributed by atoms with Crippen LogP contribution in [-0.4, -0.2) is 84.1 Å². The molecule has 0 bridgehead atoms. The van der Waals surface area contributed by atoms with E-state index in [0.717, 1.165) is 41.7 Å². The lowest BCUT2D eigenvalue weighted by molar-refractivity contribution is -0.227. The number of phosphoric ester groups is 1. The monoisotopic (exact) mass is 530 g/mol. The van der Waals surface area contributed by atoms with E-state index >= 15 is 0 Å². The second kappa shape index (κ2) is 14.7. The Morgan fingerprint density at radius 1 is 0.714 bits per heavy atom. The molecule has 202 valence electrons. The summed E-state index contributed by atoms with van der Waals surface area (Å²) in [4.78, 5) is 77.0. The van der Waals surface area contributed by atoms with Crippen LogP contribution in [0, 0.1) is 5.92 Å². The molecular weight excluding hydrogens is 499 g/mol. The fourth-order valence-corrected chi connectivity index (χ4v) is 3.41. The van der Waals surface area contributed by atoms with Crippen LogP contribution < -0.4 is 0 Å². The Bertz CT molecular complexity index is 806. The molecule has 0 spiro atoms. The van der Waals surface area contributed by atoms with Gasteiger partial charge in [-0.3, -0.25) is 28.5 Å². The van der Waals surface area contributed by atoms with Crippen molar-refractivity contribution in [1.82, 2.24) is 0 Å². The molecule has 0 aromatic heterocycles. The standard InChI is InChI=1S/C19H31O15P/c1-9(15(30-11(3)21)8-29-10(2)20)16(31-12(4)22)17(32-13(5)23)18(33-14(6)24)19(28-7)34-35(25,26)27/h9,15-19H,8H2,1-7H3,(H2,25,26,27)/t9?,15-,16?,17?,18?,19?/m1/s1. The normalized spacial score (nSPS) is 16.5. The van der Waals surface area contributed by atoms with Crippen LogP contribution in [0.25, 0.3) is 0 Å². The van der Waals surface area contributed by atoms with E-state index in [9.17, 15) is 38.3 Å². The van der Waals surface area contributed by atoms with E-state index in [1.807, 2.05) is 0 Å². The van der Waals surface area contributed by atoms with Gasteiger partial charge in [0, 0.05) is 47.6 Å². The van der Waals surface area contributed by atoms with E-state index in [0.29, 0.717) is 0 Å². The number of carbonyl (C=O) groups is 5. The third kappa shape index (κ3) is 13.2. The highest BCUT2D eigenvalue weighted by molar-refractivity contribution is 7.46. The SMILES string of the molecule is COC(OP(=O)(O)O)C(OC(C)=O)C(OC(C)=O)C(OC(C)=O)C(C)[C@@H](COC(C)=O)OC(C)=O. The van der Waals surface area contributed by atoms with Crippen molar-refractivity contribution in [2.45, 2.75) is 72.2 Å². The minimum atomic E-state index is -5.24. The predicted molar refractivity (Wildman–Crippen MR) is 112 cm³/mol. The summed E-state index contributed by atoms with van der Waals surface area (Å²) < 4.78 is 46.6. The molecule has 0 amide bonds. The minimum Gasteiger partial charge on any atom is -0.462 e. The molecule has 0 aromatic carbocycles. The number of esters is 5. The summed E-state index contributed by atoms with van der Waals surface area (Å²) in [6.45, 7) is 5.94. The molecule has 0 fully saturated rings. The van der Waals surface area contributed by atoms with E-state index in [1.165, 1.54) is 6.92 Å². The number of carbonyl (C=O) groups excluding carboxylic acids is 5. The van der Waals surface area contributed by atoms with Gasteiger partial charge in [0.2, 0.25) is 6.29 Å². The molecule has 0 saturated carbocycles. The number of hydrogen-bond donors (Lipinski definition) is 2. The molecule has 16 heteroatoms. The first-order chi connectivity index (χ1) is 16.0. The molecule has 0 saturated heterocycles. The Hall–Kier alpha value is -2.58. The van der Waals surface area contributed by atoms with E-state index in [1.54, 1.807) is 0 Å². The van der Waals surface area contributed by atoms with Crippen molar-refractivity contribution >= 4 is 37.7 Å². The van der Waals surface area contributed by atoms with Gasteiger partial charge in [0.15, 0.2) is 12.2 Å². The maximum atomic E-state index is 11.9. The number of ether oxygens (including phenoxy) is 6. The first-order valence-corrected chi connectivity index (χ1v) is 11.6. The van der Waals surface area contributed by atoms with Crippen LogP contribution in [0.15, 0.2) is 0 Å². The quantitative estimate of drug-likeness (QED) is 0.131. The van der Waals surface area contributed by atoms with Gasteiger partial charge >= 0.3 is 37.7 Å². The van der Waals surface area contributed by atoms with Gasteiger partial charge in [0.1, 0.15) is 18.8 Å². The summed E-state index contributed by atoms with van der Waals surface area (Å²) in [7, 11) is -4.29. The average Bonchev–Trinajstić information content (AvgIpc) is 2.68. The molecule has 35 heavy (non-hydrogen) atoms. The Morgan fingerprint density at radius 3 is 1.51 bits per heavy atom. The molecule has 15 nitrogen and oxygen atoms in total. The zero-order valence-electron chi connectivity index (χ0n) is 20.3. The smallest absolute Gasteiger partial charge is 0.462 e. The summed E-state index contributed by atoms with van der Waals surface area (Å²) in [6.07, 6.45) is -8.58. The highest BCUT2D eigenvalue weighted by Gasteiger charge is 2.48. The van der Waals surface area contributed by atoms with Gasteiger partial charge in [-0.2, -0.15) is 0 Å². The van der Waals surface area contributed by atoms with Crippen LogP contribution in [0.5, 0.6) is 0 Å². The Morgan fingerprint density at radius 2 is 1.14 bits per heavy atom. The van der Waals surface area contributed by atoms with Crippen molar-refractivity contribution in [3.05, 3.63) is 0 Å². The second-order valence-electron chi connectivity index (χ2n) is 7.23. The van der Waals surface area contributed by atoms with E-state index in [4.69, 9.17) is 28.4 Å². The lowest BCUT2D eigenvalue weighted by Crippen LogP contribution is -2.55. The van der Waals surface area contributed by atoms with Crippen molar-refractivity contribution in [1.29, 1.82) is 0 Å². The van der Waals surface area contributed by atoms with E-state index in [2.05, 4.69) is 4.52 Å². The number of hydrogen-bond acceptors (Lipinski definition) is 13. The van der Waals surface area contributed by atoms with Crippen molar-refractivity contribution in [3.63, 3.8) is 0 Å². The minimum absolute atomic E-state index is 0.494. The summed E-state index contributed by atoms with van der Waals surface area (Å²) in [5.74, 6) is -5.53. The summed E-state index contributed by atoms with van der Waals surface area (Å²) in [5, 5.41) is 0. The van der Waals surface area contributed by atoms with E-state index < -0.39 is 80.9 Å². The van der Waals surface area contributed by atoms with Crippen LogP contribution in [0.2, 0.25) is 0 Å². The largest absolute Gasteiger partial charge is 0.472 e. The molecule has 0 aliphatic rings. The molecular formula is C19H31O15P. The van der Waals surface area contributed by atoms with Crippen LogP contribution in [-0.2, 0) is 61.5 Å². The average molecular weight is 530 g/mol. The first kappa shape index (κ1) is 32.4. The van der Waals surface area contributed by atoms with Crippen molar-refractivity contribution in [3.8, 4) is 0 Å². The Kier molecular flexibility index (Phi) is 13.6. The number of rotatable bonds is 14. The zero-order valence-corrected chi connectivity index (χ0v) is 21.2. The van der Waals surface area contributed by atoms with Gasteiger partial charge in [-0.15, -0.1) is 0 Å². The van der Waals surface area contributed by atoms with Crippen molar-refractivity contribution < 1.29 is 71.3 Å². The second-order valence-corrected chi connectivity index (χ2v) is 8.42. The first-order valence-electron chi connectivity index (χ1n) is 10.1. The maximum absolute atomic E-state index is 11.9. The molecule has 6 atom stereocenters. The molecule has 5 unspecified atom stereocenters. The number of phosphoric acid groups is 1. The molecule has 0 aliphatic carbocycles. The van der Waals surface area contributed by atoms with Crippen molar-refractivity contribution in [2.24, 2.45) is 5.92 Å². The third-order valence-corrected chi connectivity index (χ3v) is 4.65. The van der Waals surface area contributed by atoms with Crippen LogP contribution >= 0.6 is 7.82 Å². The molecule has 0 rings (SSSR count). The lowest BCUT2D eigenvalue weighted by Gasteiger charge is -2.38. The number of methoxy groups -OCH3 is 1. The Labute approximate surface area is 201 Å². The fourth-order valence-electron chi connectivity index (χ4n) is 2.94. The molecule has 0 radical (unpaired) electrons. The van der Waals surface area contributed by atoms with E-state index in [-0.39, 0.29) is 0 Å². The summed E-state index contributed by atoms with van der Waals surface area (Å²) >= 11 is 0. The van der Waals surface area contributed by atoms with Crippen LogP contribution in [0.3, 0.4) is 0 Å². The predicted octanol–water partition coefficient (Wildman–Crippen LogP) is -0.00580. The van der Waals surface area contributed by atoms with Gasteiger partial charge in [-0.25, -0.2) is 4.57 Å². The van der Waals surface area contributed by atoms with Gasteiger partial charge in [0.25, 0.3) is 0 Å². The Balaban J connectivity index is 6.67. The highest BCUT2D eigenvalue weighted by Crippen LogP contribution is 2.40. The molecule has 0 heterocycles. The fraction of sp³-hybridized carbons (Fsp3) is 0.737. The lowest BCUT2D eigenvalue weighted by atomic mass is 9.90. The zero-order chi connectivity index (χ0) is 27.5. The van der Waals surface area contributed by atoms with Crippen molar-refractivity contribution in [2.75, 3.05) is 13.7 Å². The van der Waals surface area contributed by atoms with Crippen LogP contribution in [0.4, 0.5) is 0 Å². The summed E-state index contributed by atoms with van der Waals surface area (Å²) in [6, 6.07) is 0. The molecule has 2 N–H and O–H groups in total. The topological polar surface area (TPSA) is 207 Å². The van der Waals surface area contributed by atoms with Gasteiger partial charge in [-0.05, 0) is 0 Å². The summed E-state index contributed by atoms with van der Waals surface area (Å²) in [5.41, 5.74) is 0. The van der Waals surface area contributed by atoms with Gasteiger partial charge in [-0.1, -0.05) is 6.92 Å². The molecule has 0 aromatic rings. The van der Waals surface area contributed by atoms with Gasteiger partial charge in [0.05, 0.1) is 0 Å². The van der Waals surface area contributed by atoms with Crippen LogP contribution in [0.1, 0.15) is 41.5 Å². The highest BCUT2D eigenvalue weighted by atomic mass is 31.2.